The third-order valence-corrected chi connectivity index (χ3v) is 3.47. The maximum atomic E-state index is 13.6. The van der Waals surface area contributed by atoms with Crippen LogP contribution in [0.1, 0.15) is 10.6 Å². The van der Waals surface area contributed by atoms with Crippen molar-refractivity contribution in [3.63, 3.8) is 0 Å². The smallest absolute Gasteiger partial charge is 0.328 e. The fraction of sp³-hybridized carbons (Fsp3) is 0.0769. The summed E-state index contributed by atoms with van der Waals surface area (Å²) in [7, 11) is 0. The molecule has 0 spiro atoms. The van der Waals surface area contributed by atoms with Gasteiger partial charge in [-0.25, -0.2) is 14.2 Å². The van der Waals surface area contributed by atoms with Gasteiger partial charge < -0.3 is 5.11 Å². The van der Waals surface area contributed by atoms with Gasteiger partial charge in [-0.3, -0.25) is 0 Å². The molecule has 0 aliphatic carbocycles. The average molecular weight is 263 g/mol. The minimum atomic E-state index is -1.02. The van der Waals surface area contributed by atoms with Crippen molar-refractivity contribution in [3.05, 3.63) is 46.7 Å². The van der Waals surface area contributed by atoms with Crippen molar-refractivity contribution in [1.82, 2.24) is 4.98 Å². The minimum Gasteiger partial charge on any atom is -0.478 e. The van der Waals surface area contributed by atoms with Gasteiger partial charge in [0.25, 0.3) is 0 Å². The highest BCUT2D eigenvalue weighted by molar-refractivity contribution is 7.16. The molecule has 1 N–H and O–H groups in total. The molecule has 2 rings (SSSR count). The van der Waals surface area contributed by atoms with Gasteiger partial charge in [0.05, 0.1) is 10.6 Å². The third kappa shape index (κ3) is 2.62. The van der Waals surface area contributed by atoms with Gasteiger partial charge in [0, 0.05) is 11.6 Å². The van der Waals surface area contributed by atoms with Gasteiger partial charge in [-0.05, 0) is 25.1 Å². The van der Waals surface area contributed by atoms with E-state index in [0.717, 1.165) is 11.0 Å². The predicted molar refractivity (Wildman–Crippen MR) is 68.9 cm³/mol. The zero-order valence-electron chi connectivity index (χ0n) is 9.55. The molecule has 0 unspecified atom stereocenters. The van der Waals surface area contributed by atoms with E-state index in [4.69, 9.17) is 5.11 Å². The monoisotopic (exact) mass is 263 g/mol. The summed E-state index contributed by atoms with van der Waals surface area (Å²) < 4.78 is 13.6. The lowest BCUT2D eigenvalue weighted by atomic mass is 10.2. The second kappa shape index (κ2) is 5.10. The van der Waals surface area contributed by atoms with Crippen molar-refractivity contribution in [2.24, 2.45) is 0 Å². The maximum absolute atomic E-state index is 13.6. The molecule has 0 atom stereocenters. The van der Waals surface area contributed by atoms with E-state index in [9.17, 15) is 9.18 Å². The van der Waals surface area contributed by atoms with E-state index in [1.807, 2.05) is 0 Å². The Kier molecular flexibility index (Phi) is 3.53. The quantitative estimate of drug-likeness (QED) is 0.864. The van der Waals surface area contributed by atoms with Crippen LogP contribution in [0.4, 0.5) is 4.39 Å². The largest absolute Gasteiger partial charge is 0.478 e. The fourth-order valence-corrected chi connectivity index (χ4v) is 2.46. The van der Waals surface area contributed by atoms with E-state index in [1.165, 1.54) is 23.5 Å². The Morgan fingerprint density at radius 3 is 2.83 bits per heavy atom. The highest BCUT2D eigenvalue weighted by Gasteiger charge is 2.11. The molecule has 1 aromatic heterocycles. The first-order chi connectivity index (χ1) is 8.58. The second-order valence-corrected chi connectivity index (χ2v) is 4.65. The Morgan fingerprint density at radius 2 is 2.17 bits per heavy atom. The topological polar surface area (TPSA) is 50.2 Å². The number of carboxylic acid groups (broad SMARTS) is 1. The zero-order valence-corrected chi connectivity index (χ0v) is 10.4. The van der Waals surface area contributed by atoms with Gasteiger partial charge in [0.15, 0.2) is 0 Å². The van der Waals surface area contributed by atoms with Crippen molar-refractivity contribution in [3.8, 4) is 10.6 Å². The van der Waals surface area contributed by atoms with Gasteiger partial charge in [-0.2, -0.15) is 0 Å². The molecule has 0 saturated carbocycles. The zero-order chi connectivity index (χ0) is 13.1. The molecular formula is C13H10FNO2S. The molecule has 2 aromatic rings. The molecule has 0 radical (unpaired) electrons. The molecule has 5 heteroatoms. The van der Waals surface area contributed by atoms with Crippen molar-refractivity contribution in [1.29, 1.82) is 0 Å². The van der Waals surface area contributed by atoms with Crippen molar-refractivity contribution < 1.29 is 14.3 Å². The van der Waals surface area contributed by atoms with E-state index in [-0.39, 0.29) is 5.82 Å². The number of hydrogen-bond donors (Lipinski definition) is 1. The highest BCUT2D eigenvalue weighted by atomic mass is 32.1. The van der Waals surface area contributed by atoms with Gasteiger partial charge in [0.1, 0.15) is 10.8 Å². The van der Waals surface area contributed by atoms with Crippen molar-refractivity contribution in [2.45, 2.75) is 6.92 Å². The average Bonchev–Trinajstić information content (AvgIpc) is 2.68. The Balaban J connectivity index is 2.41. The maximum Gasteiger partial charge on any atom is 0.328 e. The molecular weight excluding hydrogens is 253 g/mol. The number of hydrogen-bond acceptors (Lipinski definition) is 3. The van der Waals surface area contributed by atoms with Gasteiger partial charge in [0.2, 0.25) is 0 Å². The number of carboxylic acids is 1. The van der Waals surface area contributed by atoms with Gasteiger partial charge in [-0.1, -0.05) is 12.1 Å². The Hall–Kier alpha value is -2.01. The Bertz CT molecular complexity index is 619. The number of aryl methyl sites for hydroxylation is 1. The molecule has 0 bridgehead atoms. The van der Waals surface area contributed by atoms with Gasteiger partial charge in [-0.15, -0.1) is 11.3 Å². The number of rotatable bonds is 3. The molecule has 92 valence electrons. The highest BCUT2D eigenvalue weighted by Crippen LogP contribution is 2.30. The van der Waals surface area contributed by atoms with Crippen LogP contribution in [-0.2, 0) is 4.79 Å². The lowest BCUT2D eigenvalue weighted by molar-refractivity contribution is -0.131. The lowest BCUT2D eigenvalue weighted by Crippen LogP contribution is -1.85. The van der Waals surface area contributed by atoms with Crippen LogP contribution in [0.5, 0.6) is 0 Å². The molecule has 0 fully saturated rings. The summed E-state index contributed by atoms with van der Waals surface area (Å²) in [4.78, 5) is 15.4. The van der Waals surface area contributed by atoms with Crippen LogP contribution in [0.2, 0.25) is 0 Å². The summed E-state index contributed by atoms with van der Waals surface area (Å²) in [5.41, 5.74) is 1.12. The van der Waals surface area contributed by atoms with Crippen molar-refractivity contribution >= 4 is 23.4 Å². The van der Waals surface area contributed by atoms with E-state index >= 15 is 0 Å². The first-order valence-electron chi connectivity index (χ1n) is 5.21. The van der Waals surface area contributed by atoms with Crippen LogP contribution in [-0.4, -0.2) is 16.1 Å². The van der Waals surface area contributed by atoms with E-state index in [2.05, 4.69) is 4.98 Å². The normalized spacial score (nSPS) is 11.0. The van der Waals surface area contributed by atoms with Crippen LogP contribution < -0.4 is 0 Å². The number of carbonyl (C=O) groups is 1. The number of aliphatic carboxylic acids is 1. The Labute approximate surface area is 107 Å². The first kappa shape index (κ1) is 12.4. The molecule has 1 aromatic carbocycles. The summed E-state index contributed by atoms with van der Waals surface area (Å²) in [5, 5.41) is 9.12. The summed E-state index contributed by atoms with van der Waals surface area (Å²) in [6.07, 6.45) is 2.52. The summed E-state index contributed by atoms with van der Waals surface area (Å²) in [5.74, 6) is -1.35. The molecule has 0 aliphatic heterocycles. The third-order valence-electron chi connectivity index (χ3n) is 2.31. The summed E-state index contributed by atoms with van der Waals surface area (Å²) in [6.45, 7) is 1.77. The van der Waals surface area contributed by atoms with Crippen LogP contribution in [0.3, 0.4) is 0 Å². The number of halogens is 1. The molecule has 0 saturated heterocycles. The first-order valence-corrected chi connectivity index (χ1v) is 6.03. The predicted octanol–water partition coefficient (Wildman–Crippen LogP) is 3.36. The molecule has 3 nitrogen and oxygen atoms in total. The lowest BCUT2D eigenvalue weighted by Gasteiger charge is -1.96. The molecule has 18 heavy (non-hydrogen) atoms. The fourth-order valence-electron chi connectivity index (χ4n) is 1.46. The number of nitrogens with zero attached hydrogens (tertiary/aromatic N) is 1. The number of benzene rings is 1. The second-order valence-electron chi connectivity index (χ2n) is 3.62. The summed E-state index contributed by atoms with van der Waals surface area (Å²) in [6, 6.07) is 6.38. The Morgan fingerprint density at radius 1 is 1.44 bits per heavy atom. The van der Waals surface area contributed by atoms with Crippen molar-refractivity contribution in [2.75, 3.05) is 0 Å². The van der Waals surface area contributed by atoms with Crippen LogP contribution >= 0.6 is 11.3 Å². The van der Waals surface area contributed by atoms with Gasteiger partial charge >= 0.3 is 5.97 Å². The molecule has 0 aliphatic rings. The van der Waals surface area contributed by atoms with E-state index in [1.54, 1.807) is 25.1 Å². The van der Waals surface area contributed by atoms with Crippen LogP contribution in [0.15, 0.2) is 30.3 Å². The minimum absolute atomic E-state index is 0.333. The van der Waals surface area contributed by atoms with E-state index < -0.39 is 5.97 Å². The van der Waals surface area contributed by atoms with Crippen LogP contribution in [0, 0.1) is 12.7 Å². The molecule has 1 heterocycles. The molecule has 0 amide bonds. The van der Waals surface area contributed by atoms with E-state index in [0.29, 0.717) is 16.3 Å². The standard InChI is InChI=1S/C13H10FNO2S/c1-8-11(6-7-12(16)17)18-13(15-8)9-4-2-3-5-10(9)14/h2-7H,1H3,(H,16,17)/b7-6+. The SMILES string of the molecule is Cc1nc(-c2ccccc2F)sc1/C=C/C(=O)O. The number of thiazole rings is 1. The summed E-state index contributed by atoms with van der Waals surface area (Å²) >= 11 is 1.27. The van der Waals surface area contributed by atoms with Crippen LogP contribution in [0.25, 0.3) is 16.6 Å². The number of aromatic nitrogens is 1.